The molecule has 38 heavy (non-hydrogen) atoms. The van der Waals surface area contributed by atoms with Crippen LogP contribution in [0.4, 0.5) is 5.69 Å². The number of benzene rings is 3. The van der Waals surface area contributed by atoms with Gasteiger partial charge in [-0.3, -0.25) is 4.90 Å². The molecule has 8 heteroatoms. The van der Waals surface area contributed by atoms with Gasteiger partial charge in [0.25, 0.3) is 0 Å². The van der Waals surface area contributed by atoms with E-state index in [-0.39, 0.29) is 0 Å². The fraction of sp³-hybridized carbons (Fsp3) is 0.367. The number of aromatic amines is 1. The van der Waals surface area contributed by atoms with Gasteiger partial charge in [0.1, 0.15) is 5.82 Å². The van der Waals surface area contributed by atoms with Crippen LogP contribution in [0.25, 0.3) is 11.0 Å². The molecule has 200 valence electrons. The van der Waals surface area contributed by atoms with Crippen molar-refractivity contribution in [3.05, 3.63) is 95.8 Å². The number of para-hydroxylation sites is 3. The number of H-pyrrole nitrogens is 1. The summed E-state index contributed by atoms with van der Waals surface area (Å²) < 4.78 is 11.6. The van der Waals surface area contributed by atoms with Gasteiger partial charge < -0.3 is 25.2 Å². The Bertz CT molecular complexity index is 1190. The van der Waals surface area contributed by atoms with Crippen LogP contribution < -0.4 is 10.7 Å². The molecule has 2 heterocycles. The van der Waals surface area contributed by atoms with E-state index < -0.39 is 0 Å². The summed E-state index contributed by atoms with van der Waals surface area (Å²) in [7, 11) is 0. The second-order valence-electron chi connectivity index (χ2n) is 9.60. The van der Waals surface area contributed by atoms with Crippen LogP contribution in [0, 0.1) is 0 Å². The zero-order chi connectivity index (χ0) is 25.8. The van der Waals surface area contributed by atoms with Crippen molar-refractivity contribution < 1.29 is 9.47 Å². The molecule has 1 fully saturated rings. The Kier molecular flexibility index (Phi) is 9.73. The Morgan fingerprint density at radius 1 is 0.763 bits per heavy atom. The van der Waals surface area contributed by atoms with Gasteiger partial charge in [0.05, 0.1) is 44.0 Å². The van der Waals surface area contributed by atoms with Crippen LogP contribution in [-0.2, 0) is 29.1 Å². The molecule has 1 aromatic heterocycles. The molecule has 5 rings (SSSR count). The number of fused-ring (bicyclic) bond motifs is 1. The number of anilines is 1. The SMILES string of the molecule is c1ccc(NN(Cc2ccc(CN3CCOCCNCCOCC3)cc2)Cc2nc3ccccc3[nH]2)cc1. The summed E-state index contributed by atoms with van der Waals surface area (Å²) >= 11 is 0. The fourth-order valence-electron chi connectivity index (χ4n) is 4.60. The Hall–Kier alpha value is -3.27. The number of rotatable bonds is 8. The maximum absolute atomic E-state index is 5.79. The average Bonchev–Trinajstić information content (AvgIpc) is 3.34. The maximum atomic E-state index is 5.79. The van der Waals surface area contributed by atoms with Crippen LogP contribution in [0.15, 0.2) is 78.9 Å². The number of nitrogens with zero attached hydrogens (tertiary/aromatic N) is 3. The van der Waals surface area contributed by atoms with Crippen LogP contribution in [0.3, 0.4) is 0 Å². The lowest BCUT2D eigenvalue weighted by atomic mass is 10.1. The Balaban J connectivity index is 1.22. The summed E-state index contributed by atoms with van der Waals surface area (Å²) in [5, 5.41) is 5.53. The Morgan fingerprint density at radius 3 is 2.18 bits per heavy atom. The largest absolute Gasteiger partial charge is 0.379 e. The minimum absolute atomic E-state index is 0.647. The van der Waals surface area contributed by atoms with Gasteiger partial charge in [0.15, 0.2) is 0 Å². The number of hydrazine groups is 1. The molecule has 1 aliphatic rings. The van der Waals surface area contributed by atoms with E-state index in [9.17, 15) is 0 Å². The van der Waals surface area contributed by atoms with Gasteiger partial charge in [0.2, 0.25) is 0 Å². The zero-order valence-corrected chi connectivity index (χ0v) is 21.9. The minimum Gasteiger partial charge on any atom is -0.379 e. The average molecular weight is 515 g/mol. The van der Waals surface area contributed by atoms with Gasteiger partial charge in [-0.15, -0.1) is 0 Å². The molecule has 4 aromatic rings. The van der Waals surface area contributed by atoms with Crippen molar-refractivity contribution in [1.29, 1.82) is 0 Å². The van der Waals surface area contributed by atoms with E-state index in [0.717, 1.165) is 88.2 Å². The number of imidazole rings is 1. The van der Waals surface area contributed by atoms with E-state index in [1.807, 2.05) is 36.4 Å². The number of aromatic nitrogens is 2. The van der Waals surface area contributed by atoms with Crippen LogP contribution in [0.1, 0.15) is 17.0 Å². The number of hydrogen-bond donors (Lipinski definition) is 3. The molecule has 8 nitrogen and oxygen atoms in total. The Labute approximate surface area is 224 Å². The lowest BCUT2D eigenvalue weighted by Crippen LogP contribution is -2.33. The highest BCUT2D eigenvalue weighted by Gasteiger charge is 2.12. The number of ether oxygens (including phenoxy) is 2. The summed E-state index contributed by atoms with van der Waals surface area (Å²) in [5.74, 6) is 0.932. The predicted octanol–water partition coefficient (Wildman–Crippen LogP) is 4.03. The van der Waals surface area contributed by atoms with Crippen molar-refractivity contribution in [3.63, 3.8) is 0 Å². The Morgan fingerprint density at radius 2 is 1.45 bits per heavy atom. The fourth-order valence-corrected chi connectivity index (χ4v) is 4.60. The molecule has 1 aliphatic heterocycles. The molecule has 0 amide bonds. The van der Waals surface area contributed by atoms with Gasteiger partial charge in [-0.05, 0) is 35.4 Å². The van der Waals surface area contributed by atoms with Gasteiger partial charge in [-0.2, -0.15) is 0 Å². The number of hydrogen-bond acceptors (Lipinski definition) is 7. The number of nitrogens with one attached hydrogen (secondary N) is 3. The van der Waals surface area contributed by atoms with Crippen molar-refractivity contribution in [2.45, 2.75) is 19.6 Å². The van der Waals surface area contributed by atoms with Gasteiger partial charge in [0, 0.05) is 45.0 Å². The molecule has 0 saturated carbocycles. The third-order valence-electron chi connectivity index (χ3n) is 6.59. The third kappa shape index (κ3) is 8.11. The maximum Gasteiger partial charge on any atom is 0.123 e. The molecule has 0 atom stereocenters. The highest BCUT2D eigenvalue weighted by Crippen LogP contribution is 2.16. The molecule has 0 aliphatic carbocycles. The quantitative estimate of drug-likeness (QED) is 0.307. The first-order valence-corrected chi connectivity index (χ1v) is 13.5. The van der Waals surface area contributed by atoms with Gasteiger partial charge in [-0.1, -0.05) is 54.6 Å². The third-order valence-corrected chi connectivity index (χ3v) is 6.59. The summed E-state index contributed by atoms with van der Waals surface area (Å²) in [4.78, 5) is 10.7. The normalized spacial score (nSPS) is 16.2. The van der Waals surface area contributed by atoms with Gasteiger partial charge >= 0.3 is 0 Å². The molecular formula is C30H38N6O2. The molecular weight excluding hydrogens is 476 g/mol. The van der Waals surface area contributed by atoms with E-state index in [2.05, 4.69) is 68.1 Å². The lowest BCUT2D eigenvalue weighted by Gasteiger charge is -2.25. The lowest BCUT2D eigenvalue weighted by molar-refractivity contribution is 0.0639. The smallest absolute Gasteiger partial charge is 0.123 e. The van der Waals surface area contributed by atoms with Crippen molar-refractivity contribution in [2.75, 3.05) is 58.0 Å². The monoisotopic (exact) mass is 514 g/mol. The summed E-state index contributed by atoms with van der Waals surface area (Å²) in [6.07, 6.45) is 0. The summed E-state index contributed by atoms with van der Waals surface area (Å²) in [5.41, 5.74) is 9.19. The van der Waals surface area contributed by atoms with E-state index in [4.69, 9.17) is 14.5 Å². The van der Waals surface area contributed by atoms with Crippen LogP contribution in [0.5, 0.6) is 0 Å². The van der Waals surface area contributed by atoms with Crippen LogP contribution in [0.2, 0.25) is 0 Å². The first kappa shape index (κ1) is 26.3. The summed E-state index contributed by atoms with van der Waals surface area (Å²) in [6.45, 7) is 8.78. The molecule has 3 N–H and O–H groups in total. The standard InChI is InChI=1S/C30H38N6O2/c1-2-6-27(7-3-1)34-36(24-30-32-28-8-4-5-9-29(28)33-30)23-26-12-10-25(11-13-26)22-35-16-20-37-18-14-31-15-19-38-21-17-35/h1-13,31,34H,14-24H2,(H,32,33). The van der Waals surface area contributed by atoms with E-state index in [1.165, 1.54) is 11.1 Å². The van der Waals surface area contributed by atoms with Crippen LogP contribution in [-0.4, -0.2) is 72.5 Å². The highest BCUT2D eigenvalue weighted by atomic mass is 16.5. The van der Waals surface area contributed by atoms with E-state index >= 15 is 0 Å². The topological polar surface area (TPSA) is 77.7 Å². The highest BCUT2D eigenvalue weighted by molar-refractivity contribution is 5.74. The van der Waals surface area contributed by atoms with Gasteiger partial charge in [-0.25, -0.2) is 9.99 Å². The van der Waals surface area contributed by atoms with Crippen molar-refractivity contribution in [1.82, 2.24) is 25.2 Å². The van der Waals surface area contributed by atoms with E-state index in [1.54, 1.807) is 0 Å². The summed E-state index contributed by atoms with van der Waals surface area (Å²) in [6, 6.07) is 27.3. The van der Waals surface area contributed by atoms with Crippen molar-refractivity contribution >= 4 is 16.7 Å². The second kappa shape index (κ2) is 14.0. The minimum atomic E-state index is 0.647. The van der Waals surface area contributed by atoms with Crippen LogP contribution >= 0.6 is 0 Å². The first-order chi connectivity index (χ1) is 18.8. The molecule has 0 spiro atoms. The molecule has 1 saturated heterocycles. The van der Waals surface area contributed by atoms with Crippen molar-refractivity contribution in [2.24, 2.45) is 0 Å². The molecule has 0 bridgehead atoms. The second-order valence-corrected chi connectivity index (χ2v) is 9.60. The molecule has 3 aromatic carbocycles. The molecule has 0 radical (unpaired) electrons. The van der Waals surface area contributed by atoms with Crippen molar-refractivity contribution in [3.8, 4) is 0 Å². The zero-order valence-electron chi connectivity index (χ0n) is 21.9. The van der Waals surface area contributed by atoms with E-state index in [0.29, 0.717) is 6.54 Å². The first-order valence-electron chi connectivity index (χ1n) is 13.5. The predicted molar refractivity (Wildman–Crippen MR) is 152 cm³/mol. The molecule has 0 unspecified atom stereocenters.